The second kappa shape index (κ2) is 6.91. The second-order valence-electron chi connectivity index (χ2n) is 4.61. The number of nitriles is 1. The minimum Gasteiger partial charge on any atom is -0.461 e. The lowest BCUT2D eigenvalue weighted by molar-refractivity contribution is 0.0519. The van der Waals surface area contributed by atoms with E-state index in [4.69, 9.17) is 14.4 Å². The molecule has 0 spiro atoms. The molecular formula is C13H18N4O3. The third-order valence-electron chi connectivity index (χ3n) is 3.20. The molecule has 1 aliphatic heterocycles. The quantitative estimate of drug-likeness (QED) is 0.640. The first-order valence-electron chi connectivity index (χ1n) is 6.71. The molecule has 0 amide bonds. The number of carbonyl (C=O) groups is 1. The van der Waals surface area contributed by atoms with Crippen LogP contribution >= 0.6 is 0 Å². The summed E-state index contributed by atoms with van der Waals surface area (Å²) in [6, 6.07) is 2.74. The lowest BCUT2D eigenvalue weighted by Gasteiger charge is -2.30. The van der Waals surface area contributed by atoms with Crippen LogP contribution in [0.4, 0.5) is 6.01 Å². The van der Waals surface area contributed by atoms with Gasteiger partial charge in [-0.2, -0.15) is 10.2 Å². The maximum atomic E-state index is 11.5. The topological polar surface area (TPSA) is 91.4 Å². The lowest BCUT2D eigenvalue weighted by atomic mass is 10.1. The molecule has 1 aromatic rings. The van der Waals surface area contributed by atoms with Crippen molar-refractivity contribution in [3.8, 4) is 6.07 Å². The van der Waals surface area contributed by atoms with Crippen LogP contribution in [0.15, 0.2) is 10.7 Å². The SMILES string of the molecule is CCOC(=O)c1coc(NC2CCN(CC#N)CC2)n1. The molecule has 0 aliphatic carbocycles. The fourth-order valence-electron chi connectivity index (χ4n) is 2.15. The molecule has 20 heavy (non-hydrogen) atoms. The number of likely N-dealkylation sites (tertiary alicyclic amines) is 1. The van der Waals surface area contributed by atoms with Gasteiger partial charge in [0.05, 0.1) is 19.2 Å². The number of oxazole rings is 1. The van der Waals surface area contributed by atoms with E-state index in [0.717, 1.165) is 25.9 Å². The van der Waals surface area contributed by atoms with Gasteiger partial charge in [-0.3, -0.25) is 4.90 Å². The van der Waals surface area contributed by atoms with E-state index in [1.807, 2.05) is 0 Å². The Hall–Kier alpha value is -2.07. The van der Waals surface area contributed by atoms with Gasteiger partial charge in [0.2, 0.25) is 0 Å². The first-order valence-corrected chi connectivity index (χ1v) is 6.71. The molecule has 1 aromatic heterocycles. The highest BCUT2D eigenvalue weighted by atomic mass is 16.5. The van der Waals surface area contributed by atoms with Gasteiger partial charge in [0.15, 0.2) is 5.69 Å². The Morgan fingerprint density at radius 2 is 2.40 bits per heavy atom. The third kappa shape index (κ3) is 3.71. The monoisotopic (exact) mass is 278 g/mol. The summed E-state index contributed by atoms with van der Waals surface area (Å²) in [4.78, 5) is 17.6. The van der Waals surface area contributed by atoms with E-state index in [2.05, 4.69) is 21.3 Å². The molecular weight excluding hydrogens is 260 g/mol. The fourth-order valence-corrected chi connectivity index (χ4v) is 2.15. The maximum Gasteiger partial charge on any atom is 0.360 e. The zero-order valence-corrected chi connectivity index (χ0v) is 11.5. The van der Waals surface area contributed by atoms with Crippen LogP contribution in [0, 0.1) is 11.3 Å². The van der Waals surface area contributed by atoms with Gasteiger partial charge >= 0.3 is 5.97 Å². The molecule has 0 aromatic carbocycles. The molecule has 2 heterocycles. The van der Waals surface area contributed by atoms with Crippen molar-refractivity contribution in [3.63, 3.8) is 0 Å². The van der Waals surface area contributed by atoms with Crippen molar-refractivity contribution >= 4 is 12.0 Å². The number of hydrogen-bond donors (Lipinski definition) is 1. The number of nitrogens with one attached hydrogen (secondary N) is 1. The minimum absolute atomic E-state index is 0.177. The van der Waals surface area contributed by atoms with Crippen molar-refractivity contribution in [1.29, 1.82) is 5.26 Å². The molecule has 1 N–H and O–H groups in total. The summed E-state index contributed by atoms with van der Waals surface area (Å²) in [7, 11) is 0. The number of aromatic nitrogens is 1. The van der Waals surface area contributed by atoms with Gasteiger partial charge < -0.3 is 14.5 Å². The summed E-state index contributed by atoms with van der Waals surface area (Å²) >= 11 is 0. The van der Waals surface area contributed by atoms with Gasteiger partial charge in [0.1, 0.15) is 6.26 Å². The van der Waals surface area contributed by atoms with Crippen LogP contribution in [0.5, 0.6) is 0 Å². The first-order chi connectivity index (χ1) is 9.72. The summed E-state index contributed by atoms with van der Waals surface area (Å²) in [6.07, 6.45) is 3.13. The van der Waals surface area contributed by atoms with Crippen LogP contribution < -0.4 is 5.32 Å². The van der Waals surface area contributed by atoms with Crippen molar-refractivity contribution in [2.24, 2.45) is 0 Å². The summed E-state index contributed by atoms with van der Waals surface area (Å²) < 4.78 is 10.1. The van der Waals surface area contributed by atoms with E-state index in [1.165, 1.54) is 6.26 Å². The predicted molar refractivity (Wildman–Crippen MR) is 71.2 cm³/mol. The van der Waals surface area contributed by atoms with Gasteiger partial charge in [-0.25, -0.2) is 4.79 Å². The van der Waals surface area contributed by atoms with Gasteiger partial charge in [0, 0.05) is 19.1 Å². The Balaban J connectivity index is 1.83. The molecule has 1 fully saturated rings. The molecule has 0 saturated carbocycles. The molecule has 0 radical (unpaired) electrons. The third-order valence-corrected chi connectivity index (χ3v) is 3.20. The number of rotatable bonds is 5. The second-order valence-corrected chi connectivity index (χ2v) is 4.61. The Morgan fingerprint density at radius 3 is 3.05 bits per heavy atom. The van der Waals surface area contributed by atoms with Gasteiger partial charge in [-0.05, 0) is 19.8 Å². The number of nitrogens with zero attached hydrogens (tertiary/aromatic N) is 3. The summed E-state index contributed by atoms with van der Waals surface area (Å²) in [5, 5.41) is 11.8. The summed E-state index contributed by atoms with van der Waals surface area (Å²) in [5.41, 5.74) is 0.177. The van der Waals surface area contributed by atoms with Gasteiger partial charge in [-0.15, -0.1) is 0 Å². The van der Waals surface area contributed by atoms with Crippen LogP contribution in [0.25, 0.3) is 0 Å². The Bertz CT molecular complexity index is 486. The highest BCUT2D eigenvalue weighted by molar-refractivity contribution is 5.87. The first kappa shape index (κ1) is 14.3. The van der Waals surface area contributed by atoms with Crippen molar-refractivity contribution < 1.29 is 13.9 Å². The van der Waals surface area contributed by atoms with Crippen LogP contribution in [0.1, 0.15) is 30.3 Å². The number of ether oxygens (including phenoxy) is 1. The van der Waals surface area contributed by atoms with Crippen LogP contribution in [-0.4, -0.2) is 48.1 Å². The van der Waals surface area contributed by atoms with E-state index in [1.54, 1.807) is 6.92 Å². The number of hydrogen-bond acceptors (Lipinski definition) is 7. The standard InChI is InChI=1S/C13H18N4O3/c1-2-19-12(18)11-9-20-13(16-11)15-10-3-6-17(7-4-10)8-5-14/h9-10H,2-4,6-8H2,1H3,(H,15,16). The molecule has 2 rings (SSSR count). The average molecular weight is 278 g/mol. The molecule has 0 bridgehead atoms. The number of piperidine rings is 1. The lowest BCUT2D eigenvalue weighted by Crippen LogP contribution is -2.39. The zero-order valence-electron chi connectivity index (χ0n) is 11.5. The van der Waals surface area contributed by atoms with E-state index >= 15 is 0 Å². The Morgan fingerprint density at radius 1 is 1.65 bits per heavy atom. The molecule has 0 atom stereocenters. The number of carbonyl (C=O) groups excluding carboxylic acids is 1. The summed E-state index contributed by atoms with van der Waals surface area (Å²) in [6.45, 7) is 4.27. The van der Waals surface area contributed by atoms with Crippen molar-refractivity contribution in [1.82, 2.24) is 9.88 Å². The smallest absolute Gasteiger partial charge is 0.360 e. The van der Waals surface area contributed by atoms with E-state index in [-0.39, 0.29) is 11.7 Å². The summed E-state index contributed by atoms with van der Waals surface area (Å²) in [5.74, 6) is -0.479. The highest BCUT2D eigenvalue weighted by Crippen LogP contribution is 2.16. The van der Waals surface area contributed by atoms with Gasteiger partial charge in [-0.1, -0.05) is 0 Å². The Kier molecular flexibility index (Phi) is 4.96. The number of esters is 1. The molecule has 7 nitrogen and oxygen atoms in total. The molecule has 0 unspecified atom stereocenters. The zero-order chi connectivity index (χ0) is 14.4. The molecule has 108 valence electrons. The van der Waals surface area contributed by atoms with E-state index in [9.17, 15) is 4.79 Å². The normalized spacial score (nSPS) is 16.6. The van der Waals surface area contributed by atoms with Crippen LogP contribution in [-0.2, 0) is 4.74 Å². The average Bonchev–Trinajstić information content (AvgIpc) is 2.90. The van der Waals surface area contributed by atoms with E-state index in [0.29, 0.717) is 19.2 Å². The molecule has 1 aliphatic rings. The maximum absolute atomic E-state index is 11.5. The van der Waals surface area contributed by atoms with Crippen molar-refractivity contribution in [2.45, 2.75) is 25.8 Å². The van der Waals surface area contributed by atoms with E-state index < -0.39 is 5.97 Å². The van der Waals surface area contributed by atoms with Crippen molar-refractivity contribution in [3.05, 3.63) is 12.0 Å². The molecule has 7 heteroatoms. The fraction of sp³-hybridized carbons (Fsp3) is 0.615. The van der Waals surface area contributed by atoms with Crippen molar-refractivity contribution in [2.75, 3.05) is 31.6 Å². The predicted octanol–water partition coefficient (Wildman–Crippen LogP) is 1.25. The van der Waals surface area contributed by atoms with Crippen LogP contribution in [0.2, 0.25) is 0 Å². The van der Waals surface area contributed by atoms with Gasteiger partial charge in [0.25, 0.3) is 6.01 Å². The minimum atomic E-state index is -0.479. The highest BCUT2D eigenvalue weighted by Gasteiger charge is 2.21. The largest absolute Gasteiger partial charge is 0.461 e. The Labute approximate surface area is 117 Å². The number of anilines is 1. The van der Waals surface area contributed by atoms with Crippen LogP contribution in [0.3, 0.4) is 0 Å². The molecule has 1 saturated heterocycles.